The highest BCUT2D eigenvalue weighted by atomic mass is 32.2. The molecule has 0 aromatic heterocycles. The van der Waals surface area contributed by atoms with Crippen molar-refractivity contribution in [2.45, 2.75) is 48.4 Å². The van der Waals surface area contributed by atoms with Crippen LogP contribution in [-0.4, -0.2) is 73.2 Å². The molecule has 3 atom stereocenters. The zero-order valence-electron chi connectivity index (χ0n) is 16.2. The second-order valence-corrected chi connectivity index (χ2v) is 10.7. The summed E-state index contributed by atoms with van der Waals surface area (Å²) in [5, 5.41) is 22.1. The molecule has 2 saturated heterocycles. The molecule has 2 unspecified atom stereocenters. The van der Waals surface area contributed by atoms with Gasteiger partial charge < -0.3 is 15.1 Å². The number of carbonyl (C=O) groups is 3. The van der Waals surface area contributed by atoms with E-state index < -0.39 is 30.1 Å². The molecule has 3 rings (SSSR count). The first-order chi connectivity index (χ1) is 13.8. The van der Waals surface area contributed by atoms with Crippen molar-refractivity contribution in [1.29, 1.82) is 0 Å². The normalized spacial score (nSPS) is 22.5. The highest BCUT2D eigenvalue weighted by Gasteiger charge is 2.52. The van der Waals surface area contributed by atoms with Gasteiger partial charge in [0.05, 0.1) is 10.1 Å². The van der Waals surface area contributed by atoms with Crippen LogP contribution in [-0.2, 0) is 20.8 Å². The van der Waals surface area contributed by atoms with Gasteiger partial charge in [0, 0.05) is 24.5 Å². The van der Waals surface area contributed by atoms with Crippen molar-refractivity contribution in [3.63, 3.8) is 0 Å². The molecule has 1 aromatic rings. The van der Waals surface area contributed by atoms with Crippen molar-refractivity contribution in [3.05, 3.63) is 35.9 Å². The van der Waals surface area contributed by atoms with E-state index in [0.29, 0.717) is 25.8 Å². The number of hydrogen-bond donors (Lipinski definition) is 3. The smallest absolute Gasteiger partial charge is 0.326 e. The van der Waals surface area contributed by atoms with Crippen LogP contribution in [0.15, 0.2) is 30.3 Å². The summed E-state index contributed by atoms with van der Waals surface area (Å²) in [4.78, 5) is 37.9. The van der Waals surface area contributed by atoms with Gasteiger partial charge in [-0.05, 0) is 25.3 Å². The van der Waals surface area contributed by atoms with Crippen LogP contribution in [0.4, 0.5) is 0 Å². The summed E-state index contributed by atoms with van der Waals surface area (Å²) in [6.07, 6.45) is 1.34. The summed E-state index contributed by atoms with van der Waals surface area (Å²) in [7, 11) is 0. The summed E-state index contributed by atoms with van der Waals surface area (Å²) >= 11 is 3.44. The van der Waals surface area contributed by atoms with Crippen molar-refractivity contribution < 1.29 is 24.6 Å². The van der Waals surface area contributed by atoms with Gasteiger partial charge in [-0.2, -0.15) is 0 Å². The van der Waals surface area contributed by atoms with E-state index in [-0.39, 0.29) is 9.99 Å². The molecule has 2 aliphatic rings. The van der Waals surface area contributed by atoms with Gasteiger partial charge in [-0.25, -0.2) is 4.79 Å². The minimum absolute atomic E-state index is 0.252. The van der Waals surface area contributed by atoms with Crippen molar-refractivity contribution in [1.82, 2.24) is 10.2 Å². The predicted octanol–water partition coefficient (Wildman–Crippen LogP) is 1.91. The molecule has 158 valence electrons. The van der Waals surface area contributed by atoms with Gasteiger partial charge in [-0.1, -0.05) is 30.3 Å². The number of aryl methyl sites for hydroxylation is 1. The molecule has 29 heavy (non-hydrogen) atoms. The summed E-state index contributed by atoms with van der Waals surface area (Å²) in [5.74, 6) is -0.473. The lowest BCUT2D eigenvalue weighted by Gasteiger charge is -2.28. The SMILES string of the molecule is CC(NC(CCc1ccccc1)C(=O)O)C(=O)N1CC2(C[C@H]1C(=O)O)SCCS2. The zero-order valence-corrected chi connectivity index (χ0v) is 17.9. The van der Waals surface area contributed by atoms with Crippen LogP contribution in [0.2, 0.25) is 0 Å². The summed E-state index contributed by atoms with van der Waals surface area (Å²) in [6, 6.07) is 7.05. The van der Waals surface area contributed by atoms with E-state index in [9.17, 15) is 24.6 Å². The van der Waals surface area contributed by atoms with Crippen LogP contribution >= 0.6 is 23.5 Å². The second kappa shape index (κ2) is 9.40. The maximum absolute atomic E-state index is 13.0. The monoisotopic (exact) mass is 438 g/mol. The van der Waals surface area contributed by atoms with Crippen molar-refractivity contribution in [2.24, 2.45) is 0 Å². The Balaban J connectivity index is 1.64. The van der Waals surface area contributed by atoms with E-state index in [0.717, 1.165) is 17.1 Å². The van der Waals surface area contributed by atoms with Crippen molar-refractivity contribution >= 4 is 41.4 Å². The number of carboxylic acid groups (broad SMARTS) is 2. The number of benzene rings is 1. The molecule has 2 aliphatic heterocycles. The molecule has 2 fully saturated rings. The number of hydrogen-bond acceptors (Lipinski definition) is 6. The maximum Gasteiger partial charge on any atom is 0.326 e. The first-order valence-corrected chi connectivity index (χ1v) is 11.6. The van der Waals surface area contributed by atoms with Crippen LogP contribution < -0.4 is 5.32 Å². The number of aliphatic carboxylic acids is 2. The van der Waals surface area contributed by atoms with Gasteiger partial charge in [0.1, 0.15) is 12.1 Å². The average molecular weight is 439 g/mol. The lowest BCUT2D eigenvalue weighted by atomic mass is 10.0. The quantitative estimate of drug-likeness (QED) is 0.565. The number of nitrogens with zero attached hydrogens (tertiary/aromatic N) is 1. The van der Waals surface area contributed by atoms with Gasteiger partial charge in [0.2, 0.25) is 5.91 Å². The molecular formula is C20H26N2O5S2. The Morgan fingerprint density at radius 1 is 1.21 bits per heavy atom. The number of carbonyl (C=O) groups excluding carboxylic acids is 1. The Kier molecular flexibility index (Phi) is 7.13. The third kappa shape index (κ3) is 5.26. The Bertz CT molecular complexity index is 754. The van der Waals surface area contributed by atoms with E-state index in [1.165, 1.54) is 4.90 Å². The Hall–Kier alpha value is -1.71. The molecular weight excluding hydrogens is 412 g/mol. The van der Waals surface area contributed by atoms with Gasteiger partial charge in [0.15, 0.2) is 0 Å². The number of nitrogens with one attached hydrogen (secondary N) is 1. The Morgan fingerprint density at radius 2 is 1.86 bits per heavy atom. The standard InChI is InChI=1S/C20H26N2O5S2/c1-13(21-15(18(24)25)8-7-14-5-3-2-4-6-14)17(23)22-12-20(28-9-10-29-20)11-16(22)19(26)27/h2-6,13,15-16,21H,7-12H2,1H3,(H,24,25)(H,26,27)/t13?,15?,16-/m0/s1. The summed E-state index contributed by atoms with van der Waals surface area (Å²) in [6.45, 7) is 1.99. The molecule has 0 aliphatic carbocycles. The summed E-state index contributed by atoms with van der Waals surface area (Å²) < 4.78 is -0.252. The van der Waals surface area contributed by atoms with E-state index in [1.54, 1.807) is 30.4 Å². The van der Waals surface area contributed by atoms with Crippen LogP contribution in [0, 0.1) is 0 Å². The van der Waals surface area contributed by atoms with Gasteiger partial charge in [-0.3, -0.25) is 14.9 Å². The third-order valence-corrected chi connectivity index (χ3v) is 8.78. The second-order valence-electron chi connectivity index (χ2n) is 7.44. The predicted molar refractivity (Wildman–Crippen MR) is 114 cm³/mol. The topological polar surface area (TPSA) is 107 Å². The van der Waals surface area contributed by atoms with Crippen molar-refractivity contribution in [3.8, 4) is 0 Å². The van der Waals surface area contributed by atoms with E-state index in [1.807, 2.05) is 30.3 Å². The van der Waals surface area contributed by atoms with Gasteiger partial charge >= 0.3 is 11.9 Å². The number of carboxylic acids is 2. The van der Waals surface area contributed by atoms with Gasteiger partial charge in [0.25, 0.3) is 0 Å². The van der Waals surface area contributed by atoms with Crippen LogP contribution in [0.5, 0.6) is 0 Å². The van der Waals surface area contributed by atoms with Gasteiger partial charge in [-0.15, -0.1) is 23.5 Å². The third-order valence-electron chi connectivity index (χ3n) is 5.36. The fraction of sp³-hybridized carbons (Fsp3) is 0.550. The van der Waals surface area contributed by atoms with Crippen molar-refractivity contribution in [2.75, 3.05) is 18.1 Å². The number of rotatable bonds is 8. The van der Waals surface area contributed by atoms with E-state index >= 15 is 0 Å². The lowest BCUT2D eigenvalue weighted by molar-refractivity contribution is -0.149. The zero-order chi connectivity index (χ0) is 21.0. The number of likely N-dealkylation sites (tertiary alicyclic amines) is 1. The lowest BCUT2D eigenvalue weighted by Crippen LogP contribution is -2.53. The highest BCUT2D eigenvalue weighted by molar-refractivity contribution is 8.21. The average Bonchev–Trinajstić information content (AvgIpc) is 3.32. The van der Waals surface area contributed by atoms with Crippen LogP contribution in [0.25, 0.3) is 0 Å². The molecule has 0 bridgehead atoms. The minimum Gasteiger partial charge on any atom is -0.480 e. The van der Waals surface area contributed by atoms with E-state index in [4.69, 9.17) is 0 Å². The molecule has 1 amide bonds. The van der Waals surface area contributed by atoms with Crippen LogP contribution in [0.3, 0.4) is 0 Å². The first-order valence-electron chi connectivity index (χ1n) is 9.65. The first kappa shape index (κ1) is 22.0. The molecule has 2 heterocycles. The molecule has 3 N–H and O–H groups in total. The summed E-state index contributed by atoms with van der Waals surface area (Å²) in [5.41, 5.74) is 1.03. The molecule has 7 nitrogen and oxygen atoms in total. The highest BCUT2D eigenvalue weighted by Crippen LogP contribution is 2.51. The fourth-order valence-corrected chi connectivity index (χ4v) is 7.11. The molecule has 0 saturated carbocycles. The maximum atomic E-state index is 13.0. The largest absolute Gasteiger partial charge is 0.480 e. The molecule has 9 heteroatoms. The number of amides is 1. The Morgan fingerprint density at radius 3 is 2.45 bits per heavy atom. The Labute approximate surface area is 178 Å². The fourth-order valence-electron chi connectivity index (χ4n) is 3.85. The van der Waals surface area contributed by atoms with E-state index in [2.05, 4.69) is 5.32 Å². The molecule has 1 aromatic carbocycles. The number of thioether (sulfide) groups is 2. The minimum atomic E-state index is -1.02. The molecule has 0 radical (unpaired) electrons. The molecule has 1 spiro atoms. The van der Waals surface area contributed by atoms with Crippen LogP contribution in [0.1, 0.15) is 25.3 Å².